The Labute approximate surface area is 90.1 Å². The average molecular weight is 203 g/mol. The van der Waals surface area contributed by atoms with Gasteiger partial charge in [-0.15, -0.1) is 0 Å². The number of aryl methyl sites for hydroxylation is 1. The number of hydrogen-bond acceptors (Lipinski definition) is 3. The molecule has 0 saturated heterocycles. The predicted molar refractivity (Wildman–Crippen MR) is 59.5 cm³/mol. The smallest absolute Gasteiger partial charge is 0.131 e. The molecule has 0 atom stereocenters. The lowest BCUT2D eigenvalue weighted by molar-refractivity contribution is 0.650. The van der Waals surface area contributed by atoms with Crippen LogP contribution in [-0.4, -0.2) is 9.97 Å². The average Bonchev–Trinajstić information content (AvgIpc) is 3.02. The van der Waals surface area contributed by atoms with E-state index in [0.29, 0.717) is 0 Å². The number of rotatable bonds is 2. The summed E-state index contributed by atoms with van der Waals surface area (Å²) in [5.41, 5.74) is 8.44. The van der Waals surface area contributed by atoms with Gasteiger partial charge in [0.15, 0.2) is 0 Å². The second-order valence-corrected chi connectivity index (χ2v) is 4.80. The molecular weight excluding hydrogens is 186 g/mol. The van der Waals surface area contributed by atoms with E-state index in [9.17, 15) is 0 Å². The number of fused-ring (bicyclic) bond motifs is 1. The Balaban J connectivity index is 1.92. The van der Waals surface area contributed by atoms with Gasteiger partial charge in [-0.25, -0.2) is 9.97 Å². The summed E-state index contributed by atoms with van der Waals surface area (Å²) in [6.45, 7) is 0. The van der Waals surface area contributed by atoms with Gasteiger partial charge in [0.1, 0.15) is 11.6 Å². The molecule has 0 aliphatic heterocycles. The van der Waals surface area contributed by atoms with Gasteiger partial charge in [-0.3, -0.25) is 0 Å². The van der Waals surface area contributed by atoms with Crippen LogP contribution in [0.25, 0.3) is 0 Å². The lowest BCUT2D eigenvalue weighted by Gasteiger charge is -2.16. The predicted octanol–water partition coefficient (Wildman–Crippen LogP) is 1.89. The topological polar surface area (TPSA) is 51.8 Å². The molecule has 2 aliphatic carbocycles. The van der Waals surface area contributed by atoms with E-state index in [-0.39, 0.29) is 0 Å². The summed E-state index contributed by atoms with van der Waals surface area (Å²) < 4.78 is 0. The highest BCUT2D eigenvalue weighted by Crippen LogP contribution is 2.32. The molecule has 3 nitrogen and oxygen atoms in total. The highest BCUT2D eigenvalue weighted by Gasteiger charge is 2.24. The van der Waals surface area contributed by atoms with Crippen molar-refractivity contribution in [2.75, 3.05) is 5.73 Å². The van der Waals surface area contributed by atoms with E-state index in [4.69, 9.17) is 5.73 Å². The van der Waals surface area contributed by atoms with Crippen molar-refractivity contribution in [2.24, 2.45) is 5.92 Å². The molecule has 0 radical (unpaired) electrons. The van der Waals surface area contributed by atoms with Crippen LogP contribution in [0.4, 0.5) is 5.82 Å². The number of hydrogen-bond donors (Lipinski definition) is 1. The van der Waals surface area contributed by atoms with Crippen molar-refractivity contribution in [3.8, 4) is 0 Å². The maximum Gasteiger partial charge on any atom is 0.131 e. The molecular formula is C12H17N3. The summed E-state index contributed by atoms with van der Waals surface area (Å²) in [4.78, 5) is 9.10. The Morgan fingerprint density at radius 2 is 1.93 bits per heavy atom. The molecule has 0 spiro atoms. The molecule has 1 saturated carbocycles. The van der Waals surface area contributed by atoms with Gasteiger partial charge in [-0.05, 0) is 44.4 Å². The zero-order chi connectivity index (χ0) is 10.3. The van der Waals surface area contributed by atoms with Gasteiger partial charge in [-0.2, -0.15) is 0 Å². The van der Waals surface area contributed by atoms with Gasteiger partial charge in [-0.1, -0.05) is 0 Å². The van der Waals surface area contributed by atoms with Gasteiger partial charge >= 0.3 is 0 Å². The van der Waals surface area contributed by atoms with Crippen molar-refractivity contribution in [3.05, 3.63) is 17.1 Å². The standard InChI is InChI=1S/C12H17N3/c13-12-9-3-1-2-4-10(9)14-11(15-12)7-8-5-6-8/h8H,1-7H2,(H2,13,14,15). The normalized spacial score (nSPS) is 20.0. The van der Waals surface area contributed by atoms with Crippen molar-refractivity contribution in [2.45, 2.75) is 44.9 Å². The van der Waals surface area contributed by atoms with Crippen molar-refractivity contribution < 1.29 is 0 Å². The Morgan fingerprint density at radius 1 is 1.13 bits per heavy atom. The van der Waals surface area contributed by atoms with Crippen LogP contribution < -0.4 is 5.73 Å². The minimum atomic E-state index is 0.746. The number of nitrogen functional groups attached to an aromatic ring is 1. The quantitative estimate of drug-likeness (QED) is 0.798. The fourth-order valence-electron chi connectivity index (χ4n) is 2.35. The Kier molecular flexibility index (Phi) is 2.11. The molecule has 3 rings (SSSR count). The van der Waals surface area contributed by atoms with E-state index in [1.807, 2.05) is 0 Å². The molecule has 1 aromatic heterocycles. The molecule has 0 bridgehead atoms. The molecule has 0 amide bonds. The first-order valence-corrected chi connectivity index (χ1v) is 5.97. The van der Waals surface area contributed by atoms with Gasteiger partial charge in [0, 0.05) is 17.7 Å². The maximum absolute atomic E-state index is 5.99. The molecule has 0 aromatic carbocycles. The summed E-state index contributed by atoms with van der Waals surface area (Å²) in [7, 11) is 0. The summed E-state index contributed by atoms with van der Waals surface area (Å²) in [6.07, 6.45) is 8.40. The molecule has 80 valence electrons. The molecule has 2 N–H and O–H groups in total. The zero-order valence-electron chi connectivity index (χ0n) is 9.00. The van der Waals surface area contributed by atoms with E-state index in [2.05, 4.69) is 9.97 Å². The van der Waals surface area contributed by atoms with Crippen LogP contribution in [0.15, 0.2) is 0 Å². The Hall–Kier alpha value is -1.12. The molecule has 1 aromatic rings. The summed E-state index contributed by atoms with van der Waals surface area (Å²) in [5.74, 6) is 2.57. The molecule has 1 fully saturated rings. The van der Waals surface area contributed by atoms with Crippen molar-refractivity contribution in [1.29, 1.82) is 0 Å². The maximum atomic E-state index is 5.99. The second-order valence-electron chi connectivity index (χ2n) is 4.80. The monoisotopic (exact) mass is 203 g/mol. The van der Waals surface area contributed by atoms with Gasteiger partial charge in [0.05, 0.1) is 0 Å². The molecule has 0 unspecified atom stereocenters. The fraction of sp³-hybridized carbons (Fsp3) is 0.667. The largest absolute Gasteiger partial charge is 0.383 e. The zero-order valence-corrected chi connectivity index (χ0v) is 9.00. The molecule has 1 heterocycles. The third kappa shape index (κ3) is 1.83. The first-order chi connectivity index (χ1) is 7.33. The van der Waals surface area contributed by atoms with Crippen LogP contribution in [0.1, 0.15) is 42.8 Å². The summed E-state index contributed by atoms with van der Waals surface area (Å²) in [5, 5.41) is 0. The lowest BCUT2D eigenvalue weighted by atomic mass is 9.96. The van der Waals surface area contributed by atoms with E-state index in [0.717, 1.165) is 36.8 Å². The fourth-order valence-corrected chi connectivity index (χ4v) is 2.35. The minimum Gasteiger partial charge on any atom is -0.383 e. The second kappa shape index (κ2) is 3.47. The summed E-state index contributed by atoms with van der Waals surface area (Å²) >= 11 is 0. The van der Waals surface area contributed by atoms with Crippen molar-refractivity contribution in [1.82, 2.24) is 9.97 Å². The Morgan fingerprint density at radius 3 is 2.73 bits per heavy atom. The van der Waals surface area contributed by atoms with Gasteiger partial charge in [0.2, 0.25) is 0 Å². The number of aromatic nitrogens is 2. The highest BCUT2D eigenvalue weighted by atomic mass is 15.0. The van der Waals surface area contributed by atoms with Crippen LogP contribution in [0, 0.1) is 5.92 Å². The first kappa shape index (κ1) is 9.13. The third-order valence-corrected chi connectivity index (χ3v) is 3.43. The minimum absolute atomic E-state index is 0.746. The number of nitrogens with two attached hydrogens (primary N) is 1. The third-order valence-electron chi connectivity index (χ3n) is 3.43. The lowest BCUT2D eigenvalue weighted by Crippen LogP contribution is -2.13. The van der Waals surface area contributed by atoms with E-state index >= 15 is 0 Å². The van der Waals surface area contributed by atoms with Crippen molar-refractivity contribution >= 4 is 5.82 Å². The Bertz CT molecular complexity index is 383. The number of nitrogens with zero attached hydrogens (tertiary/aromatic N) is 2. The van der Waals surface area contributed by atoms with Crippen LogP contribution in [-0.2, 0) is 19.3 Å². The molecule has 2 aliphatic rings. The highest BCUT2D eigenvalue weighted by molar-refractivity contribution is 5.43. The molecule has 15 heavy (non-hydrogen) atoms. The van der Waals surface area contributed by atoms with Gasteiger partial charge in [0.25, 0.3) is 0 Å². The van der Waals surface area contributed by atoms with Crippen molar-refractivity contribution in [3.63, 3.8) is 0 Å². The van der Waals surface area contributed by atoms with Crippen LogP contribution in [0.3, 0.4) is 0 Å². The summed E-state index contributed by atoms with van der Waals surface area (Å²) in [6, 6.07) is 0. The SMILES string of the molecule is Nc1nc(CC2CC2)nc2c1CCCC2. The van der Waals surface area contributed by atoms with E-state index < -0.39 is 0 Å². The van der Waals surface area contributed by atoms with Crippen LogP contribution in [0.5, 0.6) is 0 Å². The van der Waals surface area contributed by atoms with Crippen LogP contribution >= 0.6 is 0 Å². The van der Waals surface area contributed by atoms with Gasteiger partial charge < -0.3 is 5.73 Å². The molecule has 3 heteroatoms. The van der Waals surface area contributed by atoms with E-state index in [1.54, 1.807) is 0 Å². The number of anilines is 1. The van der Waals surface area contributed by atoms with E-state index in [1.165, 1.54) is 36.9 Å². The van der Waals surface area contributed by atoms with Crippen LogP contribution in [0.2, 0.25) is 0 Å². The first-order valence-electron chi connectivity index (χ1n) is 5.97.